The lowest BCUT2D eigenvalue weighted by atomic mass is 10.1. The Kier molecular flexibility index (Phi) is 4.92. The van der Waals surface area contributed by atoms with Crippen molar-refractivity contribution in [2.45, 2.75) is 11.1 Å². The lowest BCUT2D eigenvalue weighted by Gasteiger charge is -2.31. The number of nitrogens with zero attached hydrogens (tertiary/aromatic N) is 5. The number of imidazole rings is 1. The number of ether oxygens (including phenoxy) is 1. The third-order valence-electron chi connectivity index (χ3n) is 4.48. The van der Waals surface area contributed by atoms with Gasteiger partial charge in [0.15, 0.2) is 5.03 Å². The molecule has 3 aromatic rings. The lowest BCUT2D eigenvalue weighted by Crippen LogP contribution is -2.42. The zero-order valence-corrected chi connectivity index (χ0v) is 15.9. The van der Waals surface area contributed by atoms with Gasteiger partial charge in [-0.2, -0.15) is 4.31 Å². The van der Waals surface area contributed by atoms with Gasteiger partial charge in [0.1, 0.15) is 11.9 Å². The van der Waals surface area contributed by atoms with Crippen LogP contribution < -0.4 is 0 Å². The van der Waals surface area contributed by atoms with E-state index in [1.807, 2.05) is 0 Å². The van der Waals surface area contributed by atoms with Crippen LogP contribution in [0.25, 0.3) is 11.3 Å². The van der Waals surface area contributed by atoms with Crippen molar-refractivity contribution < 1.29 is 17.5 Å². The van der Waals surface area contributed by atoms with E-state index in [0.717, 1.165) is 0 Å². The van der Waals surface area contributed by atoms with Crippen molar-refractivity contribution in [3.05, 3.63) is 60.7 Å². The first-order valence-electron chi connectivity index (χ1n) is 8.62. The summed E-state index contributed by atoms with van der Waals surface area (Å²) in [6.07, 6.45) is 5.16. The standard InChI is InChI=1S/C18H18FN5O3S/c1-23-11-16(22-12-23)28(25,26)24-8-9-27-15(10-24)18-17(20-6-7-21-18)13-4-2-3-5-14(13)19/h2-7,11-12,15H,8-10H2,1H3/t15-/m1/s1. The molecule has 1 atom stereocenters. The number of aryl methyl sites for hydroxylation is 1. The predicted octanol–water partition coefficient (Wildman–Crippen LogP) is 1.78. The minimum Gasteiger partial charge on any atom is -0.369 e. The maximum Gasteiger partial charge on any atom is 0.262 e. The van der Waals surface area contributed by atoms with Crippen LogP contribution in [0.5, 0.6) is 0 Å². The van der Waals surface area contributed by atoms with Crippen molar-refractivity contribution in [1.82, 2.24) is 23.8 Å². The van der Waals surface area contributed by atoms with Crippen LogP contribution in [0.1, 0.15) is 11.8 Å². The molecule has 3 heterocycles. The van der Waals surface area contributed by atoms with E-state index in [9.17, 15) is 12.8 Å². The second-order valence-electron chi connectivity index (χ2n) is 6.37. The summed E-state index contributed by atoms with van der Waals surface area (Å²) in [5.41, 5.74) is 1.02. The average Bonchev–Trinajstić information content (AvgIpc) is 3.16. The summed E-state index contributed by atoms with van der Waals surface area (Å²) in [7, 11) is -2.07. The number of morpholine rings is 1. The molecule has 1 saturated heterocycles. The molecule has 1 fully saturated rings. The van der Waals surface area contributed by atoms with Crippen molar-refractivity contribution in [2.24, 2.45) is 7.05 Å². The van der Waals surface area contributed by atoms with Gasteiger partial charge < -0.3 is 9.30 Å². The van der Waals surface area contributed by atoms with E-state index >= 15 is 0 Å². The fourth-order valence-corrected chi connectivity index (χ4v) is 4.50. The van der Waals surface area contributed by atoms with E-state index in [-0.39, 0.29) is 24.7 Å². The van der Waals surface area contributed by atoms with Crippen LogP contribution in [0.15, 0.2) is 54.2 Å². The van der Waals surface area contributed by atoms with Gasteiger partial charge in [-0.3, -0.25) is 9.97 Å². The first-order valence-corrected chi connectivity index (χ1v) is 10.1. The molecule has 0 unspecified atom stereocenters. The van der Waals surface area contributed by atoms with E-state index in [4.69, 9.17) is 4.74 Å². The molecule has 1 aliphatic rings. The van der Waals surface area contributed by atoms with E-state index in [1.54, 1.807) is 29.8 Å². The SMILES string of the molecule is Cn1cnc(S(=O)(=O)N2CCO[C@@H](c3nccnc3-c3ccccc3F)C2)c1. The van der Waals surface area contributed by atoms with Crippen LogP contribution in [-0.2, 0) is 21.8 Å². The van der Waals surface area contributed by atoms with E-state index in [2.05, 4.69) is 15.0 Å². The maximum absolute atomic E-state index is 14.3. The third-order valence-corrected chi connectivity index (χ3v) is 6.23. The summed E-state index contributed by atoms with van der Waals surface area (Å²) >= 11 is 0. The first-order chi connectivity index (χ1) is 13.5. The van der Waals surface area contributed by atoms with Crippen LogP contribution in [-0.4, -0.2) is 51.9 Å². The Hall–Kier alpha value is -2.69. The monoisotopic (exact) mass is 403 g/mol. The third kappa shape index (κ3) is 3.41. The number of benzene rings is 1. The van der Waals surface area contributed by atoms with E-state index in [1.165, 1.54) is 35.3 Å². The maximum atomic E-state index is 14.3. The van der Waals surface area contributed by atoms with Gasteiger partial charge in [-0.15, -0.1) is 0 Å². The highest BCUT2D eigenvalue weighted by Gasteiger charge is 2.34. The molecule has 0 amide bonds. The van der Waals surface area contributed by atoms with Crippen molar-refractivity contribution in [2.75, 3.05) is 19.7 Å². The highest BCUT2D eigenvalue weighted by molar-refractivity contribution is 7.89. The largest absolute Gasteiger partial charge is 0.369 e. The summed E-state index contributed by atoms with van der Waals surface area (Å²) in [4.78, 5) is 12.5. The van der Waals surface area contributed by atoms with Gasteiger partial charge >= 0.3 is 0 Å². The summed E-state index contributed by atoms with van der Waals surface area (Å²) in [6, 6.07) is 6.24. The fraction of sp³-hybridized carbons (Fsp3) is 0.278. The number of aromatic nitrogens is 4. The van der Waals surface area contributed by atoms with Crippen molar-refractivity contribution in [3.8, 4) is 11.3 Å². The molecule has 0 saturated carbocycles. The minimum absolute atomic E-state index is 0.0240. The highest BCUT2D eigenvalue weighted by atomic mass is 32.2. The summed E-state index contributed by atoms with van der Waals surface area (Å²) in [5, 5.41) is -0.0240. The van der Waals surface area contributed by atoms with Crippen LogP contribution in [0.3, 0.4) is 0 Å². The Morgan fingerprint density at radius 3 is 2.71 bits per heavy atom. The Labute approximate surface area is 161 Å². The molecule has 10 heteroatoms. The second kappa shape index (κ2) is 7.38. The molecule has 8 nitrogen and oxygen atoms in total. The molecule has 1 aromatic carbocycles. The van der Waals surface area contributed by atoms with Gasteiger partial charge in [0.2, 0.25) is 0 Å². The normalized spacial score (nSPS) is 18.3. The van der Waals surface area contributed by atoms with Crippen molar-refractivity contribution >= 4 is 10.0 Å². The number of halogens is 1. The number of hydrogen-bond acceptors (Lipinski definition) is 6. The van der Waals surface area contributed by atoms with Gasteiger partial charge in [0.05, 0.1) is 24.3 Å². The molecule has 0 bridgehead atoms. The quantitative estimate of drug-likeness (QED) is 0.660. The summed E-state index contributed by atoms with van der Waals surface area (Å²) < 4.78 is 48.7. The molecule has 0 aliphatic carbocycles. The van der Waals surface area contributed by atoms with Gasteiger partial charge in [-0.1, -0.05) is 12.1 Å². The van der Waals surface area contributed by atoms with E-state index in [0.29, 0.717) is 17.0 Å². The van der Waals surface area contributed by atoms with Crippen LogP contribution in [0.2, 0.25) is 0 Å². The molecule has 2 aromatic heterocycles. The Morgan fingerprint density at radius 2 is 1.96 bits per heavy atom. The smallest absolute Gasteiger partial charge is 0.262 e. The molecule has 0 N–H and O–H groups in total. The molecular formula is C18H18FN5O3S. The van der Waals surface area contributed by atoms with Gasteiger partial charge in [-0.25, -0.2) is 17.8 Å². The summed E-state index contributed by atoms with van der Waals surface area (Å²) in [6.45, 7) is 0.424. The van der Waals surface area contributed by atoms with Crippen molar-refractivity contribution in [3.63, 3.8) is 0 Å². The van der Waals surface area contributed by atoms with E-state index < -0.39 is 21.9 Å². The molecule has 1 aliphatic heterocycles. The molecule has 4 rings (SSSR count). The fourth-order valence-electron chi connectivity index (χ4n) is 3.11. The highest BCUT2D eigenvalue weighted by Crippen LogP contribution is 2.31. The summed E-state index contributed by atoms with van der Waals surface area (Å²) in [5.74, 6) is -0.432. The van der Waals surface area contributed by atoms with Crippen LogP contribution in [0, 0.1) is 5.82 Å². The number of sulfonamides is 1. The molecular weight excluding hydrogens is 385 g/mol. The molecule has 28 heavy (non-hydrogen) atoms. The van der Waals surface area contributed by atoms with Crippen LogP contribution >= 0.6 is 0 Å². The zero-order chi connectivity index (χ0) is 19.7. The van der Waals surface area contributed by atoms with Gasteiger partial charge in [0.25, 0.3) is 10.0 Å². The Morgan fingerprint density at radius 1 is 1.18 bits per heavy atom. The van der Waals surface area contributed by atoms with Crippen molar-refractivity contribution in [1.29, 1.82) is 0 Å². The predicted molar refractivity (Wildman–Crippen MR) is 98.1 cm³/mol. The first kappa shape index (κ1) is 18.7. The second-order valence-corrected chi connectivity index (χ2v) is 8.25. The molecule has 146 valence electrons. The lowest BCUT2D eigenvalue weighted by molar-refractivity contribution is -0.00484. The Balaban J connectivity index is 1.67. The van der Waals surface area contributed by atoms with Gasteiger partial charge in [0, 0.05) is 44.3 Å². The topological polar surface area (TPSA) is 90.2 Å². The molecule has 0 spiro atoms. The zero-order valence-electron chi connectivity index (χ0n) is 15.1. The Bertz CT molecular complexity index is 1100. The number of rotatable bonds is 4. The molecule has 0 radical (unpaired) electrons. The number of hydrogen-bond donors (Lipinski definition) is 0. The van der Waals surface area contributed by atoms with Crippen LogP contribution in [0.4, 0.5) is 4.39 Å². The minimum atomic E-state index is -3.77. The van der Waals surface area contributed by atoms with Gasteiger partial charge in [-0.05, 0) is 12.1 Å². The average molecular weight is 403 g/mol.